The van der Waals surface area contributed by atoms with Gasteiger partial charge < -0.3 is 19.6 Å². The van der Waals surface area contributed by atoms with E-state index < -0.39 is 43.0 Å². The second-order valence-corrected chi connectivity index (χ2v) is 14.3. The highest BCUT2D eigenvalue weighted by molar-refractivity contribution is 7.91. The number of hydrogen-bond acceptors (Lipinski definition) is 8. The van der Waals surface area contributed by atoms with Crippen LogP contribution >= 0.6 is 0 Å². The Kier molecular flexibility index (Phi) is 8.48. The molecule has 1 fully saturated rings. The maximum atomic E-state index is 13.2. The summed E-state index contributed by atoms with van der Waals surface area (Å²) in [5, 5.41) is 10.5. The number of nitrogens with one attached hydrogen (secondary N) is 1. The van der Waals surface area contributed by atoms with Crippen molar-refractivity contribution in [2.24, 2.45) is 5.41 Å². The van der Waals surface area contributed by atoms with E-state index in [9.17, 15) is 26.7 Å². The molecule has 0 radical (unpaired) electrons. The highest BCUT2D eigenvalue weighted by Gasteiger charge is 2.39. The van der Waals surface area contributed by atoms with E-state index in [1.807, 2.05) is 42.3 Å². The van der Waals surface area contributed by atoms with Gasteiger partial charge in [0.2, 0.25) is 15.9 Å². The van der Waals surface area contributed by atoms with Crippen LogP contribution in [0, 0.1) is 5.41 Å². The Morgan fingerprint density at radius 3 is 2.47 bits per heavy atom. The summed E-state index contributed by atoms with van der Waals surface area (Å²) in [4.78, 5) is 16.0. The number of carbonyl (C=O) groups excluding carboxylic acids is 1. The third kappa shape index (κ3) is 7.11. The lowest BCUT2D eigenvalue weighted by Gasteiger charge is -2.44. The Bertz CT molecular complexity index is 1360. The van der Waals surface area contributed by atoms with Gasteiger partial charge in [0.15, 0.2) is 9.84 Å². The highest BCUT2D eigenvalue weighted by atomic mass is 32.2. The van der Waals surface area contributed by atoms with Crippen molar-refractivity contribution in [3.63, 3.8) is 0 Å². The molecule has 208 valence electrons. The first kappa shape index (κ1) is 28.5. The summed E-state index contributed by atoms with van der Waals surface area (Å²) >= 11 is 0. The van der Waals surface area contributed by atoms with Crippen LogP contribution in [0.25, 0.3) is 11.1 Å². The molecule has 2 aliphatic heterocycles. The van der Waals surface area contributed by atoms with E-state index in [0.29, 0.717) is 32.5 Å². The standard InChI is InChI=1S/C26H35N3O7S2/c1-28-16-22(30)15-27-38(34,35)24-9-8-21(20-6-4-3-5-7-20)14-23(24)36-19-26(18-28)10-12-29(13-11-26)25(31)17-37(2,32)33/h3-9,14,22,27,30H,10-13,15-19H2,1-2H3. The molecule has 1 spiro atoms. The topological polar surface area (TPSA) is 133 Å². The summed E-state index contributed by atoms with van der Waals surface area (Å²) in [6, 6.07) is 14.5. The lowest BCUT2D eigenvalue weighted by atomic mass is 9.78. The Morgan fingerprint density at radius 2 is 1.82 bits per heavy atom. The Balaban J connectivity index is 1.65. The summed E-state index contributed by atoms with van der Waals surface area (Å²) < 4.78 is 58.4. The average Bonchev–Trinajstić information content (AvgIpc) is 2.85. The van der Waals surface area contributed by atoms with Gasteiger partial charge >= 0.3 is 0 Å². The molecule has 1 saturated heterocycles. The van der Waals surface area contributed by atoms with Crippen molar-refractivity contribution in [3.8, 4) is 16.9 Å². The molecule has 10 nitrogen and oxygen atoms in total. The minimum atomic E-state index is -3.96. The third-order valence-corrected chi connectivity index (χ3v) is 9.31. The smallest absolute Gasteiger partial charge is 0.244 e. The van der Waals surface area contributed by atoms with Gasteiger partial charge in [0.05, 0.1) is 12.7 Å². The number of nitrogens with zero attached hydrogens (tertiary/aromatic N) is 2. The van der Waals surface area contributed by atoms with E-state index >= 15 is 0 Å². The molecular weight excluding hydrogens is 530 g/mol. The zero-order valence-electron chi connectivity index (χ0n) is 21.7. The largest absolute Gasteiger partial charge is 0.492 e. The second kappa shape index (κ2) is 11.3. The number of sulfonamides is 1. The van der Waals surface area contributed by atoms with E-state index in [1.165, 1.54) is 6.07 Å². The zero-order chi connectivity index (χ0) is 27.6. The number of fused-ring (bicyclic) bond motifs is 1. The summed E-state index contributed by atoms with van der Waals surface area (Å²) in [7, 11) is -5.54. The van der Waals surface area contributed by atoms with Crippen LogP contribution in [-0.4, -0.2) is 102 Å². The van der Waals surface area contributed by atoms with Crippen molar-refractivity contribution in [1.82, 2.24) is 14.5 Å². The summed E-state index contributed by atoms with van der Waals surface area (Å²) in [6.45, 7) is 1.59. The predicted molar refractivity (Wildman–Crippen MR) is 144 cm³/mol. The van der Waals surface area contributed by atoms with Gasteiger partial charge in [-0.05, 0) is 43.1 Å². The third-order valence-electron chi connectivity index (χ3n) is 7.07. The minimum Gasteiger partial charge on any atom is -0.492 e. The monoisotopic (exact) mass is 565 g/mol. The molecule has 2 aliphatic rings. The Morgan fingerprint density at radius 1 is 1.13 bits per heavy atom. The van der Waals surface area contributed by atoms with Crippen molar-refractivity contribution in [1.29, 1.82) is 0 Å². The number of β-amino-alcohol motifs (C(OH)–C–C–N with tert-alkyl or cyclic N) is 1. The predicted octanol–water partition coefficient (Wildman–Crippen LogP) is 0.970. The molecule has 0 aromatic heterocycles. The lowest BCUT2D eigenvalue weighted by Crippen LogP contribution is -2.52. The lowest BCUT2D eigenvalue weighted by molar-refractivity contribution is -0.131. The van der Waals surface area contributed by atoms with Gasteiger partial charge in [-0.25, -0.2) is 21.6 Å². The number of carbonyl (C=O) groups is 1. The van der Waals surface area contributed by atoms with Crippen LogP contribution in [0.15, 0.2) is 53.4 Å². The zero-order valence-corrected chi connectivity index (χ0v) is 23.3. The van der Waals surface area contributed by atoms with Crippen molar-refractivity contribution in [2.45, 2.75) is 23.8 Å². The minimum absolute atomic E-state index is 0.00535. The Hall–Kier alpha value is -2.51. The van der Waals surface area contributed by atoms with Crippen LogP contribution in [0.5, 0.6) is 5.75 Å². The van der Waals surface area contributed by atoms with Crippen molar-refractivity contribution < 1.29 is 31.5 Å². The van der Waals surface area contributed by atoms with E-state index in [0.717, 1.165) is 17.4 Å². The fourth-order valence-corrected chi connectivity index (χ4v) is 6.95. The molecule has 2 aromatic rings. The SMILES string of the molecule is CN1CC(O)CNS(=O)(=O)c2ccc(-c3ccccc3)cc2OCC2(CCN(C(=O)CS(C)(=O)=O)CC2)C1. The van der Waals surface area contributed by atoms with Crippen LogP contribution in [0.4, 0.5) is 0 Å². The summed E-state index contributed by atoms with van der Waals surface area (Å²) in [6.07, 6.45) is 1.21. The number of aliphatic hydroxyl groups is 1. The van der Waals surface area contributed by atoms with Gasteiger partial charge in [-0.15, -0.1) is 0 Å². The molecule has 38 heavy (non-hydrogen) atoms. The molecule has 0 bridgehead atoms. The quantitative estimate of drug-likeness (QED) is 0.563. The molecule has 2 heterocycles. The fourth-order valence-electron chi connectivity index (χ4n) is 5.12. The molecule has 4 rings (SSSR count). The second-order valence-electron chi connectivity index (χ2n) is 10.5. The molecule has 2 aromatic carbocycles. The number of piperidine rings is 1. The van der Waals surface area contributed by atoms with Gasteiger partial charge in [0.1, 0.15) is 16.4 Å². The number of rotatable bonds is 3. The van der Waals surface area contributed by atoms with Crippen molar-refractivity contribution in [3.05, 3.63) is 48.5 Å². The number of sulfone groups is 1. The van der Waals surface area contributed by atoms with Crippen molar-refractivity contribution in [2.75, 3.05) is 58.4 Å². The van der Waals surface area contributed by atoms with E-state index in [2.05, 4.69) is 4.72 Å². The van der Waals surface area contributed by atoms with Crippen molar-refractivity contribution >= 4 is 25.8 Å². The Labute approximate surface area is 224 Å². The number of benzene rings is 2. The highest BCUT2D eigenvalue weighted by Crippen LogP contribution is 2.36. The van der Waals surface area contributed by atoms with Crippen LogP contribution in [0.1, 0.15) is 12.8 Å². The number of ether oxygens (including phenoxy) is 1. The molecule has 1 atom stereocenters. The number of aliphatic hydroxyl groups excluding tert-OH is 1. The van der Waals surface area contributed by atoms with E-state index in [4.69, 9.17) is 4.74 Å². The first-order valence-electron chi connectivity index (χ1n) is 12.5. The normalized spacial score (nSPS) is 22.5. The number of hydrogen-bond donors (Lipinski definition) is 2. The molecule has 0 saturated carbocycles. The molecule has 2 N–H and O–H groups in total. The van der Waals surface area contributed by atoms with Gasteiger partial charge in [-0.2, -0.15) is 0 Å². The van der Waals surface area contributed by atoms with Crippen LogP contribution < -0.4 is 9.46 Å². The van der Waals surface area contributed by atoms with Crippen LogP contribution in [0.2, 0.25) is 0 Å². The first-order chi connectivity index (χ1) is 17.9. The van der Waals surface area contributed by atoms with Gasteiger partial charge in [0, 0.05) is 44.4 Å². The van der Waals surface area contributed by atoms with Crippen LogP contribution in [-0.2, 0) is 24.7 Å². The van der Waals surface area contributed by atoms with Crippen LogP contribution in [0.3, 0.4) is 0 Å². The van der Waals surface area contributed by atoms with Gasteiger partial charge in [-0.1, -0.05) is 36.4 Å². The van der Waals surface area contributed by atoms with E-state index in [-0.39, 0.29) is 30.3 Å². The molecule has 12 heteroatoms. The average molecular weight is 566 g/mol. The number of likely N-dealkylation sites (N-methyl/N-ethyl adjacent to an activating group) is 1. The van der Waals surface area contributed by atoms with E-state index in [1.54, 1.807) is 17.0 Å². The van der Waals surface area contributed by atoms with Gasteiger partial charge in [0.25, 0.3) is 0 Å². The summed E-state index contributed by atoms with van der Waals surface area (Å²) in [5.74, 6) is -0.731. The molecule has 0 aliphatic carbocycles. The molecule has 1 unspecified atom stereocenters. The summed E-state index contributed by atoms with van der Waals surface area (Å²) in [5.41, 5.74) is 1.28. The fraction of sp³-hybridized carbons (Fsp3) is 0.500. The van der Waals surface area contributed by atoms with Gasteiger partial charge in [-0.3, -0.25) is 4.79 Å². The first-order valence-corrected chi connectivity index (χ1v) is 16.0. The maximum absolute atomic E-state index is 13.2. The maximum Gasteiger partial charge on any atom is 0.244 e. The number of amides is 1. The number of likely N-dealkylation sites (tertiary alicyclic amines) is 1. The molecular formula is C26H35N3O7S2. The molecule has 1 amide bonds.